The summed E-state index contributed by atoms with van der Waals surface area (Å²) in [5, 5.41) is 11.2. The predicted molar refractivity (Wildman–Crippen MR) is 50.1 cm³/mol. The Balaban J connectivity index is 1.82. The summed E-state index contributed by atoms with van der Waals surface area (Å²) in [7, 11) is 0. The lowest BCUT2D eigenvalue weighted by Gasteiger charge is -2.11. The van der Waals surface area contributed by atoms with Gasteiger partial charge in [0.15, 0.2) is 0 Å². The van der Waals surface area contributed by atoms with Crippen LogP contribution in [0.25, 0.3) is 0 Å². The van der Waals surface area contributed by atoms with Gasteiger partial charge in [0.1, 0.15) is 11.3 Å². The average Bonchev–Trinajstić information content (AvgIpc) is 2.99. The molecule has 0 aromatic heterocycles. The average molecular weight is 211 g/mol. The van der Waals surface area contributed by atoms with E-state index in [2.05, 4.69) is 5.32 Å². The number of carboxylic acids is 1. The van der Waals surface area contributed by atoms with Crippen LogP contribution in [0, 0.1) is 5.92 Å². The van der Waals surface area contributed by atoms with Gasteiger partial charge in [-0.2, -0.15) is 0 Å². The van der Waals surface area contributed by atoms with Crippen molar-refractivity contribution in [1.29, 1.82) is 0 Å². The van der Waals surface area contributed by atoms with Gasteiger partial charge < -0.3 is 10.4 Å². The van der Waals surface area contributed by atoms with Crippen LogP contribution in [-0.2, 0) is 14.4 Å². The lowest BCUT2D eigenvalue weighted by molar-refractivity contribution is -0.143. The molecule has 2 fully saturated rings. The Kier molecular flexibility index (Phi) is 2.25. The summed E-state index contributed by atoms with van der Waals surface area (Å²) in [6.07, 6.45) is 2.50. The van der Waals surface area contributed by atoms with Gasteiger partial charge in [0.25, 0.3) is 0 Å². The minimum absolute atomic E-state index is 0.0516. The molecular weight excluding hydrogens is 198 g/mol. The summed E-state index contributed by atoms with van der Waals surface area (Å²) in [5.74, 6) is -1.47. The zero-order valence-electron chi connectivity index (χ0n) is 8.28. The molecule has 0 bridgehead atoms. The third kappa shape index (κ3) is 2.16. The van der Waals surface area contributed by atoms with E-state index < -0.39 is 17.4 Å². The molecule has 15 heavy (non-hydrogen) atoms. The fourth-order valence-corrected chi connectivity index (χ4v) is 1.54. The van der Waals surface area contributed by atoms with Gasteiger partial charge in [0.05, 0.1) is 6.42 Å². The van der Waals surface area contributed by atoms with Crippen LogP contribution in [0.4, 0.5) is 0 Å². The van der Waals surface area contributed by atoms with Gasteiger partial charge in [-0.05, 0) is 25.7 Å². The summed E-state index contributed by atoms with van der Waals surface area (Å²) in [5.41, 5.74) is -1.07. The highest BCUT2D eigenvalue weighted by molar-refractivity contribution is 6.02. The van der Waals surface area contributed by atoms with Crippen molar-refractivity contribution in [2.75, 3.05) is 0 Å². The molecule has 2 N–H and O–H groups in total. The smallest absolute Gasteiger partial charge is 0.329 e. The molecule has 5 heteroatoms. The SMILES string of the molecule is O=C(CC(=O)C1CC1)NC1(C(=O)O)CC1. The molecule has 0 atom stereocenters. The number of amides is 1. The molecule has 0 aromatic carbocycles. The van der Waals surface area contributed by atoms with Crippen molar-refractivity contribution in [3.8, 4) is 0 Å². The van der Waals surface area contributed by atoms with E-state index in [4.69, 9.17) is 5.11 Å². The Hall–Kier alpha value is -1.39. The summed E-state index contributed by atoms with van der Waals surface area (Å²) >= 11 is 0. The fourth-order valence-electron chi connectivity index (χ4n) is 1.54. The number of hydrogen-bond acceptors (Lipinski definition) is 3. The highest BCUT2D eigenvalue weighted by atomic mass is 16.4. The van der Waals surface area contributed by atoms with Gasteiger partial charge in [-0.3, -0.25) is 9.59 Å². The fraction of sp³-hybridized carbons (Fsp3) is 0.700. The van der Waals surface area contributed by atoms with Crippen molar-refractivity contribution in [2.45, 2.75) is 37.6 Å². The van der Waals surface area contributed by atoms with Crippen molar-refractivity contribution in [3.05, 3.63) is 0 Å². The van der Waals surface area contributed by atoms with Crippen LogP contribution in [0.2, 0.25) is 0 Å². The molecule has 5 nitrogen and oxygen atoms in total. The molecule has 82 valence electrons. The van der Waals surface area contributed by atoms with Crippen molar-refractivity contribution < 1.29 is 19.5 Å². The third-order valence-corrected chi connectivity index (χ3v) is 2.91. The number of carboxylic acid groups (broad SMARTS) is 1. The summed E-state index contributed by atoms with van der Waals surface area (Å²) in [6.45, 7) is 0. The van der Waals surface area contributed by atoms with E-state index in [9.17, 15) is 14.4 Å². The lowest BCUT2D eigenvalue weighted by atomic mass is 10.1. The van der Waals surface area contributed by atoms with Crippen LogP contribution in [0.5, 0.6) is 0 Å². The molecule has 2 saturated carbocycles. The van der Waals surface area contributed by atoms with E-state index in [1.165, 1.54) is 0 Å². The molecule has 1 amide bonds. The first kappa shape index (κ1) is 10.1. The second-order valence-electron chi connectivity index (χ2n) is 4.35. The van der Waals surface area contributed by atoms with Crippen LogP contribution >= 0.6 is 0 Å². The highest BCUT2D eigenvalue weighted by Gasteiger charge is 2.51. The lowest BCUT2D eigenvalue weighted by Crippen LogP contribution is -2.43. The first-order chi connectivity index (χ1) is 7.03. The zero-order valence-corrected chi connectivity index (χ0v) is 8.28. The van der Waals surface area contributed by atoms with Gasteiger partial charge in [0.2, 0.25) is 5.91 Å². The van der Waals surface area contributed by atoms with Gasteiger partial charge in [-0.15, -0.1) is 0 Å². The van der Waals surface area contributed by atoms with E-state index in [-0.39, 0.29) is 18.1 Å². The van der Waals surface area contributed by atoms with E-state index in [0.717, 1.165) is 12.8 Å². The van der Waals surface area contributed by atoms with Crippen molar-refractivity contribution in [2.24, 2.45) is 5.92 Å². The van der Waals surface area contributed by atoms with Gasteiger partial charge >= 0.3 is 5.97 Å². The second-order valence-corrected chi connectivity index (χ2v) is 4.35. The van der Waals surface area contributed by atoms with Crippen LogP contribution in [0.15, 0.2) is 0 Å². The Morgan fingerprint density at radius 1 is 1.27 bits per heavy atom. The molecule has 0 aromatic rings. The minimum atomic E-state index is -1.07. The number of carbonyl (C=O) groups excluding carboxylic acids is 2. The van der Waals surface area contributed by atoms with E-state index in [1.54, 1.807) is 0 Å². The summed E-state index contributed by atoms with van der Waals surface area (Å²) < 4.78 is 0. The van der Waals surface area contributed by atoms with Gasteiger partial charge in [-0.1, -0.05) is 0 Å². The molecule has 2 aliphatic rings. The van der Waals surface area contributed by atoms with Crippen LogP contribution < -0.4 is 5.32 Å². The Morgan fingerprint density at radius 2 is 1.87 bits per heavy atom. The van der Waals surface area contributed by atoms with E-state index in [1.807, 2.05) is 0 Å². The van der Waals surface area contributed by atoms with Gasteiger partial charge in [0, 0.05) is 5.92 Å². The first-order valence-electron chi connectivity index (χ1n) is 5.11. The minimum Gasteiger partial charge on any atom is -0.480 e. The number of Topliss-reactive ketones (excluding diaryl/α,β-unsaturated/α-hetero) is 1. The second kappa shape index (κ2) is 3.32. The number of rotatable bonds is 5. The molecule has 2 rings (SSSR count). The van der Waals surface area contributed by atoms with Crippen molar-refractivity contribution in [1.82, 2.24) is 5.32 Å². The zero-order chi connectivity index (χ0) is 11.1. The maximum Gasteiger partial charge on any atom is 0.329 e. The predicted octanol–water partition coefficient (Wildman–Crippen LogP) is 0.0890. The molecule has 0 unspecified atom stereocenters. The molecule has 0 aliphatic heterocycles. The van der Waals surface area contributed by atoms with E-state index in [0.29, 0.717) is 12.8 Å². The molecule has 2 aliphatic carbocycles. The van der Waals surface area contributed by atoms with Crippen LogP contribution in [0.3, 0.4) is 0 Å². The van der Waals surface area contributed by atoms with Gasteiger partial charge in [-0.25, -0.2) is 4.79 Å². The monoisotopic (exact) mass is 211 g/mol. The Morgan fingerprint density at radius 3 is 2.27 bits per heavy atom. The highest BCUT2D eigenvalue weighted by Crippen LogP contribution is 2.36. The molecule has 0 heterocycles. The summed E-state index contributed by atoms with van der Waals surface area (Å²) in [6, 6.07) is 0. The number of nitrogens with one attached hydrogen (secondary N) is 1. The molecule has 0 saturated heterocycles. The van der Waals surface area contributed by atoms with Crippen molar-refractivity contribution in [3.63, 3.8) is 0 Å². The maximum absolute atomic E-state index is 11.4. The van der Waals surface area contributed by atoms with Crippen molar-refractivity contribution >= 4 is 17.7 Å². The maximum atomic E-state index is 11.4. The molecule has 0 spiro atoms. The normalized spacial score (nSPS) is 21.9. The Labute approximate surface area is 86.8 Å². The van der Waals surface area contributed by atoms with Crippen LogP contribution in [0.1, 0.15) is 32.1 Å². The van der Waals surface area contributed by atoms with Crippen LogP contribution in [-0.4, -0.2) is 28.3 Å². The standard InChI is InChI=1S/C10H13NO4/c12-7(6-1-2-6)5-8(13)11-10(3-4-10)9(14)15/h6H,1-5H2,(H,11,13)(H,14,15). The number of carbonyl (C=O) groups is 3. The summed E-state index contributed by atoms with van der Waals surface area (Å²) in [4.78, 5) is 33.4. The number of aliphatic carboxylic acids is 1. The molecular formula is C10H13NO4. The topological polar surface area (TPSA) is 83.5 Å². The van der Waals surface area contributed by atoms with E-state index >= 15 is 0 Å². The number of hydrogen-bond donors (Lipinski definition) is 2. The molecule has 0 radical (unpaired) electrons. The third-order valence-electron chi connectivity index (χ3n) is 2.91. The largest absolute Gasteiger partial charge is 0.480 e. The Bertz CT molecular complexity index is 328. The first-order valence-corrected chi connectivity index (χ1v) is 5.11. The number of ketones is 1. The quantitative estimate of drug-likeness (QED) is 0.631.